The van der Waals surface area contributed by atoms with Gasteiger partial charge in [-0.05, 0) is 25.3 Å². The number of nitrogens with two attached hydrogens (primary N) is 1. The molecule has 1 aliphatic heterocycles. The molecular formula is C15H21NO2. The van der Waals surface area contributed by atoms with Gasteiger partial charge >= 0.3 is 0 Å². The van der Waals surface area contributed by atoms with Crippen molar-refractivity contribution in [3.8, 4) is 0 Å². The van der Waals surface area contributed by atoms with E-state index in [1.165, 1.54) is 11.1 Å². The van der Waals surface area contributed by atoms with Gasteiger partial charge in [0.15, 0.2) is 5.79 Å². The molecule has 1 aliphatic carbocycles. The Labute approximate surface area is 108 Å². The Hall–Kier alpha value is -0.900. The van der Waals surface area contributed by atoms with Crippen LogP contribution >= 0.6 is 0 Å². The predicted octanol–water partition coefficient (Wildman–Crippen LogP) is 2.47. The number of hydrogen-bond acceptors (Lipinski definition) is 3. The van der Waals surface area contributed by atoms with Gasteiger partial charge < -0.3 is 15.2 Å². The molecule has 1 aromatic rings. The highest BCUT2D eigenvalue weighted by molar-refractivity contribution is 5.28. The van der Waals surface area contributed by atoms with Crippen molar-refractivity contribution in [1.82, 2.24) is 0 Å². The van der Waals surface area contributed by atoms with Crippen LogP contribution in [0.25, 0.3) is 0 Å². The van der Waals surface area contributed by atoms with Crippen LogP contribution in [0.2, 0.25) is 0 Å². The van der Waals surface area contributed by atoms with Crippen LogP contribution in [0.5, 0.6) is 0 Å². The number of ether oxygens (including phenoxy) is 2. The first-order valence-corrected chi connectivity index (χ1v) is 6.76. The molecule has 0 bridgehead atoms. The summed E-state index contributed by atoms with van der Waals surface area (Å²) in [7, 11) is 0. The van der Waals surface area contributed by atoms with Crippen LogP contribution in [0, 0.1) is 6.92 Å². The molecule has 0 radical (unpaired) electrons. The van der Waals surface area contributed by atoms with E-state index < -0.39 is 0 Å². The fourth-order valence-electron chi connectivity index (χ4n) is 3.04. The van der Waals surface area contributed by atoms with Crippen LogP contribution < -0.4 is 5.73 Å². The lowest BCUT2D eigenvalue weighted by atomic mass is 9.75. The van der Waals surface area contributed by atoms with Gasteiger partial charge in [-0.1, -0.05) is 29.8 Å². The van der Waals surface area contributed by atoms with E-state index in [4.69, 9.17) is 15.2 Å². The van der Waals surface area contributed by atoms with Crippen LogP contribution in [0.1, 0.15) is 36.8 Å². The van der Waals surface area contributed by atoms with Crippen molar-refractivity contribution in [2.24, 2.45) is 5.73 Å². The van der Waals surface area contributed by atoms with Gasteiger partial charge in [0.2, 0.25) is 0 Å². The summed E-state index contributed by atoms with van der Waals surface area (Å²) < 4.78 is 11.5. The zero-order valence-electron chi connectivity index (χ0n) is 10.9. The minimum atomic E-state index is -0.326. The summed E-state index contributed by atoms with van der Waals surface area (Å²) >= 11 is 0. The monoisotopic (exact) mass is 247 g/mol. The Morgan fingerprint density at radius 2 is 1.50 bits per heavy atom. The van der Waals surface area contributed by atoms with Gasteiger partial charge in [0.05, 0.1) is 13.2 Å². The lowest BCUT2D eigenvalue weighted by Gasteiger charge is -2.41. The normalized spacial score (nSPS) is 25.4. The maximum absolute atomic E-state index is 6.57. The average Bonchev–Trinajstić information content (AvgIpc) is 2.83. The van der Waals surface area contributed by atoms with Gasteiger partial charge in [0.1, 0.15) is 0 Å². The van der Waals surface area contributed by atoms with E-state index in [0.717, 1.165) is 38.9 Å². The molecule has 0 aromatic heterocycles. The van der Waals surface area contributed by atoms with Crippen LogP contribution in [0.4, 0.5) is 0 Å². The van der Waals surface area contributed by atoms with Crippen LogP contribution in [-0.2, 0) is 15.0 Å². The van der Waals surface area contributed by atoms with Crippen molar-refractivity contribution in [3.05, 3.63) is 35.4 Å². The van der Waals surface area contributed by atoms with E-state index in [9.17, 15) is 0 Å². The molecule has 0 amide bonds. The van der Waals surface area contributed by atoms with Crippen LogP contribution in [0.15, 0.2) is 24.3 Å². The van der Waals surface area contributed by atoms with Crippen molar-refractivity contribution >= 4 is 0 Å². The summed E-state index contributed by atoms with van der Waals surface area (Å²) in [5.74, 6) is -0.326. The molecule has 1 saturated heterocycles. The SMILES string of the molecule is Cc1ccc(C2(N)CCC3(CC2)OCCO3)cc1. The quantitative estimate of drug-likeness (QED) is 0.829. The molecule has 18 heavy (non-hydrogen) atoms. The standard InChI is InChI=1S/C15H21NO2/c1-12-2-4-13(5-3-12)14(16)6-8-15(9-7-14)17-10-11-18-15/h2-5H,6-11,16H2,1H3. The molecule has 2 fully saturated rings. The summed E-state index contributed by atoms with van der Waals surface area (Å²) in [6, 6.07) is 8.58. The smallest absolute Gasteiger partial charge is 0.168 e. The number of hydrogen-bond donors (Lipinski definition) is 1. The highest BCUT2D eigenvalue weighted by Crippen LogP contribution is 2.43. The van der Waals surface area contributed by atoms with E-state index in [1.807, 2.05) is 0 Å². The molecule has 2 aliphatic rings. The number of benzene rings is 1. The molecule has 1 heterocycles. The highest BCUT2D eigenvalue weighted by Gasteiger charge is 2.45. The summed E-state index contributed by atoms with van der Waals surface area (Å²) in [6.45, 7) is 3.55. The van der Waals surface area contributed by atoms with Crippen molar-refractivity contribution in [1.29, 1.82) is 0 Å². The molecule has 1 saturated carbocycles. The molecule has 3 heteroatoms. The van der Waals surface area contributed by atoms with E-state index in [2.05, 4.69) is 31.2 Å². The molecule has 2 N–H and O–H groups in total. The zero-order chi connectivity index (χ0) is 12.6. The summed E-state index contributed by atoms with van der Waals surface area (Å²) in [5.41, 5.74) is 8.87. The van der Waals surface area contributed by atoms with Gasteiger partial charge in [-0.3, -0.25) is 0 Å². The topological polar surface area (TPSA) is 44.5 Å². The van der Waals surface area contributed by atoms with E-state index in [0.29, 0.717) is 0 Å². The Balaban J connectivity index is 1.75. The van der Waals surface area contributed by atoms with Crippen molar-refractivity contribution in [2.75, 3.05) is 13.2 Å². The third-order valence-electron chi connectivity index (χ3n) is 4.34. The summed E-state index contributed by atoms with van der Waals surface area (Å²) in [5, 5.41) is 0. The molecule has 1 aromatic carbocycles. The first kappa shape index (κ1) is 12.2. The van der Waals surface area contributed by atoms with Gasteiger partial charge in [-0.15, -0.1) is 0 Å². The van der Waals surface area contributed by atoms with Crippen LogP contribution in [-0.4, -0.2) is 19.0 Å². The second-order valence-electron chi connectivity index (χ2n) is 5.63. The second-order valence-corrected chi connectivity index (χ2v) is 5.63. The molecule has 0 unspecified atom stereocenters. The molecule has 1 spiro atoms. The Bertz CT molecular complexity index is 411. The van der Waals surface area contributed by atoms with E-state index in [1.54, 1.807) is 0 Å². The van der Waals surface area contributed by atoms with Gasteiger partial charge in [-0.2, -0.15) is 0 Å². The van der Waals surface area contributed by atoms with Gasteiger partial charge in [0.25, 0.3) is 0 Å². The molecule has 3 nitrogen and oxygen atoms in total. The third-order valence-corrected chi connectivity index (χ3v) is 4.34. The lowest BCUT2D eigenvalue weighted by molar-refractivity contribution is -0.185. The molecule has 98 valence electrons. The maximum atomic E-state index is 6.57. The Kier molecular flexibility index (Phi) is 2.93. The second kappa shape index (κ2) is 4.34. The predicted molar refractivity (Wildman–Crippen MR) is 70.1 cm³/mol. The summed E-state index contributed by atoms with van der Waals surface area (Å²) in [6.07, 6.45) is 3.65. The van der Waals surface area contributed by atoms with Gasteiger partial charge in [0, 0.05) is 18.4 Å². The first-order chi connectivity index (χ1) is 8.62. The third kappa shape index (κ3) is 2.07. The van der Waals surface area contributed by atoms with Crippen LogP contribution in [0.3, 0.4) is 0 Å². The number of rotatable bonds is 1. The Morgan fingerprint density at radius 1 is 0.944 bits per heavy atom. The maximum Gasteiger partial charge on any atom is 0.168 e. The number of aryl methyl sites for hydroxylation is 1. The minimum absolute atomic E-state index is 0.214. The zero-order valence-corrected chi connectivity index (χ0v) is 10.9. The Morgan fingerprint density at radius 3 is 2.06 bits per heavy atom. The molecule has 3 rings (SSSR count). The summed E-state index contributed by atoms with van der Waals surface area (Å²) in [4.78, 5) is 0. The largest absolute Gasteiger partial charge is 0.348 e. The minimum Gasteiger partial charge on any atom is -0.348 e. The van der Waals surface area contributed by atoms with E-state index >= 15 is 0 Å². The fraction of sp³-hybridized carbons (Fsp3) is 0.600. The average molecular weight is 247 g/mol. The first-order valence-electron chi connectivity index (χ1n) is 6.76. The molecule has 0 atom stereocenters. The van der Waals surface area contributed by atoms with Crippen molar-refractivity contribution in [2.45, 2.75) is 43.9 Å². The van der Waals surface area contributed by atoms with Crippen molar-refractivity contribution < 1.29 is 9.47 Å². The van der Waals surface area contributed by atoms with Gasteiger partial charge in [-0.25, -0.2) is 0 Å². The molecular weight excluding hydrogens is 226 g/mol. The fourth-order valence-corrected chi connectivity index (χ4v) is 3.04. The highest BCUT2D eigenvalue weighted by atomic mass is 16.7. The van der Waals surface area contributed by atoms with Crippen molar-refractivity contribution in [3.63, 3.8) is 0 Å². The van der Waals surface area contributed by atoms with E-state index in [-0.39, 0.29) is 11.3 Å². The lowest BCUT2D eigenvalue weighted by Crippen LogP contribution is -2.47.